The van der Waals surface area contributed by atoms with Crippen LogP contribution in [0.5, 0.6) is 11.5 Å². The number of hydrogen-bond donors (Lipinski definition) is 0. The smallest absolute Gasteiger partial charge is 0.428 e. The second kappa shape index (κ2) is 11.1. The lowest BCUT2D eigenvalue weighted by Crippen LogP contribution is -2.32. The van der Waals surface area contributed by atoms with Gasteiger partial charge in [0.15, 0.2) is 6.61 Å². The second-order valence-corrected chi connectivity index (χ2v) is 7.58. The number of halogens is 5. The van der Waals surface area contributed by atoms with E-state index in [1.807, 2.05) is 13.8 Å². The van der Waals surface area contributed by atoms with Gasteiger partial charge in [-0.05, 0) is 25.0 Å². The van der Waals surface area contributed by atoms with Gasteiger partial charge < -0.3 is 18.9 Å². The van der Waals surface area contributed by atoms with E-state index in [-0.39, 0.29) is 23.1 Å². The number of ether oxygens (including phenoxy) is 4. The van der Waals surface area contributed by atoms with E-state index in [9.17, 15) is 13.6 Å². The summed E-state index contributed by atoms with van der Waals surface area (Å²) >= 11 is 16.2. The van der Waals surface area contributed by atoms with E-state index < -0.39 is 29.6 Å². The number of carbonyl (C=O) groups excluding carboxylic acids is 1. The summed E-state index contributed by atoms with van der Waals surface area (Å²) in [5.41, 5.74) is 0. The van der Waals surface area contributed by atoms with Gasteiger partial charge in [-0.25, -0.2) is 4.79 Å². The third-order valence-electron chi connectivity index (χ3n) is 2.89. The highest BCUT2D eigenvalue weighted by Gasteiger charge is 2.40. The minimum atomic E-state index is -3.81. The summed E-state index contributed by atoms with van der Waals surface area (Å²) in [4.78, 5) is 9.74. The topological polar surface area (TPSA) is 54.0 Å². The molecule has 0 saturated heterocycles. The summed E-state index contributed by atoms with van der Waals surface area (Å²) in [7, 11) is 0. The number of rotatable bonds is 11. The highest BCUT2D eigenvalue weighted by atomic mass is 35.5. The molecule has 0 fully saturated rings. The van der Waals surface area contributed by atoms with Crippen molar-refractivity contribution in [2.45, 2.75) is 37.8 Å². The third-order valence-corrected chi connectivity index (χ3v) is 3.71. The van der Waals surface area contributed by atoms with Gasteiger partial charge in [-0.15, -0.1) is 0 Å². The Morgan fingerprint density at radius 2 is 1.85 bits per heavy atom. The summed E-state index contributed by atoms with van der Waals surface area (Å²) in [5, 5.41) is 0.0973. The van der Waals surface area contributed by atoms with Crippen LogP contribution in [0.2, 0.25) is 5.02 Å². The molecule has 0 saturated carbocycles. The Kier molecular flexibility index (Phi) is 9.87. The molecule has 0 bridgehead atoms. The monoisotopic (exact) mass is 448 g/mol. The highest BCUT2D eigenvalue weighted by molar-refractivity contribution is 6.44. The van der Waals surface area contributed by atoms with Crippen LogP contribution in [-0.2, 0) is 14.3 Å². The lowest BCUT2D eigenvalue weighted by Gasteiger charge is -2.19. The minimum absolute atomic E-state index is 0.0358. The summed E-state index contributed by atoms with van der Waals surface area (Å²) in [6, 6.07) is 3.55. The summed E-state index contributed by atoms with van der Waals surface area (Å²) < 4.78 is 47.0. The fourth-order valence-electron chi connectivity index (χ4n) is 1.76. The number of alkyl halides is 4. The van der Waals surface area contributed by atoms with Gasteiger partial charge in [0.25, 0.3) is 0 Å². The fourth-order valence-corrected chi connectivity index (χ4v) is 2.02. The Balaban J connectivity index is 2.56. The Morgan fingerprint density at radius 3 is 2.44 bits per heavy atom. The Labute approximate surface area is 171 Å². The Hall–Kier alpha value is -1.02. The molecule has 1 atom stereocenters. The zero-order chi connectivity index (χ0) is 20.6. The van der Waals surface area contributed by atoms with E-state index in [4.69, 9.17) is 49.0 Å². The first-order chi connectivity index (χ1) is 12.5. The molecule has 10 heteroatoms. The van der Waals surface area contributed by atoms with Gasteiger partial charge >= 0.3 is 12.1 Å². The van der Waals surface area contributed by atoms with Crippen molar-refractivity contribution in [2.75, 3.05) is 19.8 Å². The molecule has 0 N–H and O–H groups in total. The van der Waals surface area contributed by atoms with E-state index in [2.05, 4.69) is 4.74 Å². The molecule has 0 aliphatic rings. The quantitative estimate of drug-likeness (QED) is 0.347. The lowest BCUT2D eigenvalue weighted by atomic mass is 10.2. The van der Waals surface area contributed by atoms with Gasteiger partial charge in [-0.2, -0.15) is 8.78 Å². The van der Waals surface area contributed by atoms with Crippen molar-refractivity contribution in [2.24, 2.45) is 5.92 Å². The van der Waals surface area contributed by atoms with E-state index in [1.165, 1.54) is 12.1 Å². The molecule has 0 amide bonds. The van der Waals surface area contributed by atoms with Crippen LogP contribution in [0.3, 0.4) is 0 Å². The SMILES string of the molecule is CC(C)COCC(C)OC(=O)COc1cc(OC(F)(F)C(Cl)Cl)ccc1Cl. The summed E-state index contributed by atoms with van der Waals surface area (Å²) in [6.45, 7) is 6.01. The molecule has 1 aromatic carbocycles. The molecule has 1 rings (SSSR count). The largest absolute Gasteiger partial charge is 0.480 e. The van der Waals surface area contributed by atoms with Gasteiger partial charge in [0, 0.05) is 12.7 Å². The molecule has 0 aromatic heterocycles. The van der Waals surface area contributed by atoms with Crippen LogP contribution >= 0.6 is 34.8 Å². The van der Waals surface area contributed by atoms with Gasteiger partial charge in [0.2, 0.25) is 4.84 Å². The van der Waals surface area contributed by atoms with Crippen molar-refractivity contribution >= 4 is 40.8 Å². The Morgan fingerprint density at radius 1 is 1.19 bits per heavy atom. The minimum Gasteiger partial charge on any atom is -0.480 e. The van der Waals surface area contributed by atoms with Crippen LogP contribution < -0.4 is 9.47 Å². The molecule has 0 aliphatic carbocycles. The van der Waals surface area contributed by atoms with Gasteiger partial charge in [0.1, 0.15) is 17.6 Å². The average Bonchev–Trinajstić information content (AvgIpc) is 2.54. The summed E-state index contributed by atoms with van der Waals surface area (Å²) in [6.07, 6.45) is -4.27. The second-order valence-electron chi connectivity index (χ2n) is 6.08. The van der Waals surface area contributed by atoms with Gasteiger partial charge in [-0.3, -0.25) is 0 Å². The first kappa shape index (κ1) is 24.0. The van der Waals surface area contributed by atoms with Crippen molar-refractivity contribution in [3.8, 4) is 11.5 Å². The average molecular weight is 450 g/mol. The zero-order valence-corrected chi connectivity index (χ0v) is 17.3. The van der Waals surface area contributed by atoms with Gasteiger partial charge in [0.05, 0.1) is 11.6 Å². The molecular weight excluding hydrogens is 429 g/mol. The van der Waals surface area contributed by atoms with Crippen molar-refractivity contribution in [3.63, 3.8) is 0 Å². The first-order valence-electron chi connectivity index (χ1n) is 8.05. The predicted molar refractivity (Wildman–Crippen MR) is 99.2 cm³/mol. The van der Waals surface area contributed by atoms with Crippen LogP contribution in [0.25, 0.3) is 0 Å². The molecule has 27 heavy (non-hydrogen) atoms. The molecule has 0 heterocycles. The van der Waals surface area contributed by atoms with Crippen molar-refractivity contribution in [1.82, 2.24) is 0 Å². The summed E-state index contributed by atoms with van der Waals surface area (Å²) in [5.74, 6) is -0.612. The van der Waals surface area contributed by atoms with Gasteiger partial charge in [-0.1, -0.05) is 48.7 Å². The molecular formula is C17H21Cl3F2O5. The number of hydrogen-bond acceptors (Lipinski definition) is 5. The molecule has 0 aliphatic heterocycles. The standard InChI is InChI=1S/C17H21Cl3F2O5/c1-10(2)7-24-8-11(3)26-15(23)9-25-14-6-12(4-5-13(14)18)27-17(21,22)16(19)20/h4-6,10-11,16H,7-9H2,1-3H3. The molecule has 5 nitrogen and oxygen atoms in total. The maximum Gasteiger partial charge on any atom is 0.428 e. The van der Waals surface area contributed by atoms with Crippen LogP contribution in [0.1, 0.15) is 20.8 Å². The van der Waals surface area contributed by atoms with E-state index in [0.717, 1.165) is 6.07 Å². The zero-order valence-electron chi connectivity index (χ0n) is 15.0. The lowest BCUT2D eigenvalue weighted by molar-refractivity contribution is -0.163. The maximum absolute atomic E-state index is 13.4. The molecule has 154 valence electrons. The van der Waals surface area contributed by atoms with Crippen LogP contribution in [0, 0.1) is 5.92 Å². The van der Waals surface area contributed by atoms with Crippen molar-refractivity contribution in [1.29, 1.82) is 0 Å². The van der Waals surface area contributed by atoms with Crippen molar-refractivity contribution in [3.05, 3.63) is 23.2 Å². The fraction of sp³-hybridized carbons (Fsp3) is 0.588. The molecule has 0 spiro atoms. The van der Waals surface area contributed by atoms with Crippen molar-refractivity contribution < 1.29 is 32.5 Å². The first-order valence-corrected chi connectivity index (χ1v) is 9.31. The molecule has 0 radical (unpaired) electrons. The van der Waals surface area contributed by atoms with Crippen LogP contribution in [0.4, 0.5) is 8.78 Å². The highest BCUT2D eigenvalue weighted by Crippen LogP contribution is 2.34. The normalized spacial score (nSPS) is 13.0. The number of esters is 1. The number of carbonyl (C=O) groups is 1. The van der Waals surface area contributed by atoms with Crippen LogP contribution in [-0.4, -0.2) is 42.8 Å². The molecule has 1 aromatic rings. The Bertz CT molecular complexity index is 614. The third kappa shape index (κ3) is 9.14. The molecule has 1 unspecified atom stereocenters. The van der Waals surface area contributed by atoms with Crippen LogP contribution in [0.15, 0.2) is 18.2 Å². The number of benzene rings is 1. The maximum atomic E-state index is 13.4. The van der Waals surface area contributed by atoms with E-state index >= 15 is 0 Å². The van der Waals surface area contributed by atoms with E-state index in [1.54, 1.807) is 6.92 Å². The van der Waals surface area contributed by atoms with E-state index in [0.29, 0.717) is 12.5 Å². The predicted octanol–water partition coefficient (Wildman–Crippen LogP) is 5.10.